The van der Waals surface area contributed by atoms with E-state index >= 15 is 0 Å². The first-order chi connectivity index (χ1) is 12.4. The normalized spacial score (nSPS) is 10.9. The number of anilines is 1. The summed E-state index contributed by atoms with van der Waals surface area (Å²) < 4.78 is 1.64. The van der Waals surface area contributed by atoms with Gasteiger partial charge in [0.05, 0.1) is 16.2 Å². The van der Waals surface area contributed by atoms with Crippen LogP contribution in [0, 0.1) is 30.9 Å². The molecule has 2 heterocycles. The van der Waals surface area contributed by atoms with Crippen molar-refractivity contribution in [1.82, 2.24) is 19.6 Å². The number of hydrogen-bond donors (Lipinski definition) is 1. The number of benzene rings is 1. The summed E-state index contributed by atoms with van der Waals surface area (Å²) in [6.45, 7) is 5.40. The molecule has 3 rings (SSSR count). The Labute approximate surface area is 149 Å². The number of carbonyl (C=O) groups is 1. The van der Waals surface area contributed by atoms with Gasteiger partial charge < -0.3 is 5.32 Å². The van der Waals surface area contributed by atoms with Gasteiger partial charge in [-0.3, -0.25) is 14.9 Å². The second kappa shape index (κ2) is 6.87. The van der Waals surface area contributed by atoms with Gasteiger partial charge in [-0.1, -0.05) is 6.07 Å². The predicted molar refractivity (Wildman–Crippen MR) is 95.0 cm³/mol. The molecule has 9 nitrogen and oxygen atoms in total. The first-order valence-corrected chi connectivity index (χ1v) is 8.08. The summed E-state index contributed by atoms with van der Waals surface area (Å²) in [7, 11) is 0. The Balaban J connectivity index is 1.74. The predicted octanol–water partition coefficient (Wildman–Crippen LogP) is 2.53. The number of carbonyl (C=O) groups excluding carboxylic acids is 1. The number of nitrogens with one attached hydrogen (secondary N) is 1. The summed E-state index contributed by atoms with van der Waals surface area (Å²) in [6.07, 6.45) is 2.16. The van der Waals surface area contributed by atoms with Gasteiger partial charge in [0.15, 0.2) is 0 Å². The molecule has 0 aliphatic carbocycles. The van der Waals surface area contributed by atoms with E-state index in [1.54, 1.807) is 23.6 Å². The van der Waals surface area contributed by atoms with Gasteiger partial charge in [0, 0.05) is 23.9 Å². The number of rotatable bonds is 5. The summed E-state index contributed by atoms with van der Waals surface area (Å²) in [6, 6.07) is 4.62. The number of fused-ring (bicyclic) bond motifs is 1. The van der Waals surface area contributed by atoms with Gasteiger partial charge in [-0.15, -0.1) is 0 Å². The molecular formula is C17H18N6O3. The topological polar surface area (TPSA) is 115 Å². The van der Waals surface area contributed by atoms with Gasteiger partial charge in [0.25, 0.3) is 11.5 Å². The quantitative estimate of drug-likeness (QED) is 0.556. The molecule has 0 fully saturated rings. The van der Waals surface area contributed by atoms with Crippen molar-refractivity contribution in [2.45, 2.75) is 33.6 Å². The van der Waals surface area contributed by atoms with Crippen molar-refractivity contribution < 1.29 is 9.72 Å². The van der Waals surface area contributed by atoms with Crippen LogP contribution in [-0.4, -0.2) is 30.4 Å². The summed E-state index contributed by atoms with van der Waals surface area (Å²) in [5.74, 6) is 0.312. The third kappa shape index (κ3) is 3.23. The van der Waals surface area contributed by atoms with Crippen molar-refractivity contribution in [2.24, 2.45) is 0 Å². The summed E-state index contributed by atoms with van der Waals surface area (Å²) in [4.78, 5) is 31.3. The third-order valence-corrected chi connectivity index (χ3v) is 4.37. The number of aromatic nitrogens is 4. The Morgan fingerprint density at radius 2 is 2.08 bits per heavy atom. The van der Waals surface area contributed by atoms with E-state index in [1.807, 2.05) is 13.8 Å². The molecule has 9 heteroatoms. The molecule has 0 saturated carbocycles. The van der Waals surface area contributed by atoms with Crippen molar-refractivity contribution in [3.63, 3.8) is 0 Å². The minimum absolute atomic E-state index is 0.0182. The molecule has 0 aliphatic rings. The van der Waals surface area contributed by atoms with Crippen molar-refractivity contribution in [3.8, 4) is 0 Å². The van der Waals surface area contributed by atoms with Gasteiger partial charge in [0.2, 0.25) is 5.91 Å². The Morgan fingerprint density at radius 1 is 1.31 bits per heavy atom. The molecular weight excluding hydrogens is 336 g/mol. The molecule has 3 aromatic rings. The Hall–Kier alpha value is -3.36. The van der Waals surface area contributed by atoms with E-state index in [2.05, 4.69) is 20.4 Å². The highest BCUT2D eigenvalue weighted by Gasteiger charge is 2.16. The lowest BCUT2D eigenvalue weighted by Crippen LogP contribution is -2.15. The van der Waals surface area contributed by atoms with E-state index < -0.39 is 4.92 Å². The summed E-state index contributed by atoms with van der Waals surface area (Å²) in [5.41, 5.74) is 3.50. The maximum absolute atomic E-state index is 12.3. The van der Waals surface area contributed by atoms with Crippen LogP contribution in [0.3, 0.4) is 0 Å². The average molecular weight is 354 g/mol. The molecule has 0 unspecified atom stereocenters. The molecule has 1 aromatic carbocycles. The second-order valence-corrected chi connectivity index (χ2v) is 5.99. The zero-order chi connectivity index (χ0) is 18.8. The number of aryl methyl sites for hydroxylation is 2. The molecule has 26 heavy (non-hydrogen) atoms. The van der Waals surface area contributed by atoms with E-state index in [-0.39, 0.29) is 18.0 Å². The fraction of sp³-hybridized carbons (Fsp3) is 0.294. The first-order valence-electron chi connectivity index (χ1n) is 8.08. The van der Waals surface area contributed by atoms with Crippen LogP contribution in [0.15, 0.2) is 24.5 Å². The van der Waals surface area contributed by atoms with E-state index in [0.29, 0.717) is 23.4 Å². The SMILES string of the molecule is Cc1nc2ncnn2c(C)c1CCC(=O)Nc1cccc([N+](=O)[O-])c1C. The monoisotopic (exact) mass is 354 g/mol. The molecule has 134 valence electrons. The highest BCUT2D eigenvalue weighted by atomic mass is 16.6. The van der Waals surface area contributed by atoms with Crippen LogP contribution in [0.5, 0.6) is 0 Å². The molecule has 2 aromatic heterocycles. The van der Waals surface area contributed by atoms with E-state index in [1.165, 1.54) is 12.4 Å². The summed E-state index contributed by atoms with van der Waals surface area (Å²) in [5, 5.41) is 17.9. The van der Waals surface area contributed by atoms with Crippen LogP contribution in [0.1, 0.15) is 28.9 Å². The fourth-order valence-electron chi connectivity index (χ4n) is 2.93. The van der Waals surface area contributed by atoms with Crippen LogP contribution in [0.2, 0.25) is 0 Å². The van der Waals surface area contributed by atoms with Gasteiger partial charge in [-0.05, 0) is 38.8 Å². The van der Waals surface area contributed by atoms with Crippen LogP contribution >= 0.6 is 0 Å². The lowest BCUT2D eigenvalue weighted by atomic mass is 10.1. The molecule has 0 spiro atoms. The fourth-order valence-corrected chi connectivity index (χ4v) is 2.93. The third-order valence-electron chi connectivity index (χ3n) is 4.37. The first kappa shape index (κ1) is 17.5. The molecule has 0 bridgehead atoms. The number of nitrogens with zero attached hydrogens (tertiary/aromatic N) is 5. The van der Waals surface area contributed by atoms with Crippen molar-refractivity contribution in [1.29, 1.82) is 0 Å². The Kier molecular flexibility index (Phi) is 4.61. The lowest BCUT2D eigenvalue weighted by Gasteiger charge is -2.11. The number of hydrogen-bond acceptors (Lipinski definition) is 6. The van der Waals surface area contributed by atoms with Crippen LogP contribution in [-0.2, 0) is 11.2 Å². The second-order valence-electron chi connectivity index (χ2n) is 5.99. The van der Waals surface area contributed by atoms with Gasteiger partial charge in [0.1, 0.15) is 6.33 Å². The number of nitro groups is 1. The zero-order valence-corrected chi connectivity index (χ0v) is 14.7. The minimum atomic E-state index is -0.462. The van der Waals surface area contributed by atoms with Gasteiger partial charge in [-0.2, -0.15) is 10.1 Å². The smallest absolute Gasteiger partial charge is 0.274 e. The van der Waals surface area contributed by atoms with E-state index in [4.69, 9.17) is 0 Å². The molecule has 0 radical (unpaired) electrons. The zero-order valence-electron chi connectivity index (χ0n) is 14.7. The molecule has 0 saturated heterocycles. The van der Waals surface area contributed by atoms with Crippen LogP contribution in [0.25, 0.3) is 5.78 Å². The van der Waals surface area contributed by atoms with E-state index in [0.717, 1.165) is 17.0 Å². The molecule has 0 atom stereocenters. The highest BCUT2D eigenvalue weighted by Crippen LogP contribution is 2.25. The molecule has 1 amide bonds. The average Bonchev–Trinajstić information content (AvgIpc) is 3.04. The minimum Gasteiger partial charge on any atom is -0.326 e. The van der Waals surface area contributed by atoms with Crippen molar-refractivity contribution in [2.75, 3.05) is 5.32 Å². The number of nitro benzene ring substituents is 1. The van der Waals surface area contributed by atoms with Gasteiger partial charge >= 0.3 is 0 Å². The molecule has 1 N–H and O–H groups in total. The lowest BCUT2D eigenvalue weighted by molar-refractivity contribution is -0.385. The number of amides is 1. The largest absolute Gasteiger partial charge is 0.326 e. The van der Waals surface area contributed by atoms with Gasteiger partial charge in [-0.25, -0.2) is 9.50 Å². The van der Waals surface area contributed by atoms with Crippen molar-refractivity contribution >= 4 is 23.1 Å². The summed E-state index contributed by atoms with van der Waals surface area (Å²) >= 11 is 0. The maximum atomic E-state index is 12.3. The molecule has 0 aliphatic heterocycles. The van der Waals surface area contributed by atoms with Crippen LogP contribution in [0.4, 0.5) is 11.4 Å². The Bertz CT molecular complexity index is 1010. The maximum Gasteiger partial charge on any atom is 0.274 e. The highest BCUT2D eigenvalue weighted by molar-refractivity contribution is 5.92. The van der Waals surface area contributed by atoms with Crippen LogP contribution < -0.4 is 5.32 Å². The standard InChI is InChI=1S/C17H18N6O3/c1-10-14(5-4-6-15(10)23(25)26)21-16(24)8-7-13-11(2)20-17-18-9-19-22(17)12(13)3/h4-6,9H,7-8H2,1-3H3,(H,21,24). The van der Waals surface area contributed by atoms with E-state index in [9.17, 15) is 14.9 Å². The van der Waals surface area contributed by atoms with Crippen molar-refractivity contribution in [3.05, 3.63) is 57.2 Å². The Morgan fingerprint density at radius 3 is 2.81 bits per heavy atom.